The zero-order valence-corrected chi connectivity index (χ0v) is 16.5. The summed E-state index contributed by atoms with van der Waals surface area (Å²) in [6.07, 6.45) is 2.44. The van der Waals surface area contributed by atoms with Gasteiger partial charge in [-0.2, -0.15) is 5.10 Å². The Kier molecular flexibility index (Phi) is 7.47. The van der Waals surface area contributed by atoms with E-state index in [1.54, 1.807) is 44.6 Å². The van der Waals surface area contributed by atoms with E-state index in [1.807, 2.05) is 13.0 Å². The summed E-state index contributed by atoms with van der Waals surface area (Å²) in [7, 11) is 3.13. The van der Waals surface area contributed by atoms with Crippen molar-refractivity contribution < 1.29 is 19.0 Å². The van der Waals surface area contributed by atoms with Crippen molar-refractivity contribution in [3.8, 4) is 17.2 Å². The molecule has 2 aromatic carbocycles. The molecule has 2 aromatic rings. The lowest BCUT2D eigenvalue weighted by Crippen LogP contribution is -2.17. The Bertz CT molecular complexity index is 793. The van der Waals surface area contributed by atoms with E-state index in [-0.39, 0.29) is 5.91 Å². The molecule has 7 heteroatoms. The van der Waals surface area contributed by atoms with Crippen molar-refractivity contribution in [2.24, 2.45) is 5.10 Å². The van der Waals surface area contributed by atoms with Gasteiger partial charge in [0.05, 0.1) is 27.0 Å². The lowest BCUT2D eigenvalue weighted by Gasteiger charge is -2.12. The minimum atomic E-state index is -0.328. The van der Waals surface area contributed by atoms with E-state index in [2.05, 4.69) is 26.5 Å². The summed E-state index contributed by atoms with van der Waals surface area (Å²) in [5.41, 5.74) is 3.70. The molecule has 138 valence electrons. The molecule has 1 N–H and O–H groups in total. The molecule has 0 radical (unpaired) electrons. The molecule has 0 unspecified atom stereocenters. The third-order valence-electron chi connectivity index (χ3n) is 3.45. The number of ether oxygens (including phenoxy) is 3. The normalized spacial score (nSPS) is 10.6. The second-order valence-electron chi connectivity index (χ2n) is 5.30. The molecular formula is C19H21BrN2O4. The fourth-order valence-electron chi connectivity index (χ4n) is 2.12. The molecule has 0 spiro atoms. The number of benzene rings is 2. The molecule has 2 rings (SSSR count). The van der Waals surface area contributed by atoms with Crippen LogP contribution in [0.25, 0.3) is 0 Å². The lowest BCUT2D eigenvalue weighted by molar-refractivity contribution is 0.0955. The van der Waals surface area contributed by atoms with Gasteiger partial charge in [0.15, 0.2) is 11.5 Å². The first-order chi connectivity index (χ1) is 12.6. The average Bonchev–Trinajstić information content (AvgIpc) is 2.67. The Morgan fingerprint density at radius 1 is 1.19 bits per heavy atom. The monoisotopic (exact) mass is 420 g/mol. The van der Waals surface area contributed by atoms with Gasteiger partial charge in [0.1, 0.15) is 5.75 Å². The van der Waals surface area contributed by atoms with Crippen LogP contribution in [0.15, 0.2) is 46.0 Å². The van der Waals surface area contributed by atoms with Crippen molar-refractivity contribution in [3.05, 3.63) is 52.0 Å². The van der Waals surface area contributed by atoms with Gasteiger partial charge in [-0.15, -0.1) is 0 Å². The van der Waals surface area contributed by atoms with Gasteiger partial charge < -0.3 is 14.2 Å². The maximum Gasteiger partial charge on any atom is 0.271 e. The van der Waals surface area contributed by atoms with Gasteiger partial charge in [0.2, 0.25) is 0 Å². The summed E-state index contributed by atoms with van der Waals surface area (Å²) in [6, 6.07) is 10.4. The molecule has 0 aliphatic heterocycles. The highest BCUT2D eigenvalue weighted by Crippen LogP contribution is 2.33. The smallest absolute Gasteiger partial charge is 0.271 e. The molecule has 0 bridgehead atoms. The maximum absolute atomic E-state index is 12.1. The topological polar surface area (TPSA) is 69.2 Å². The molecule has 0 aliphatic carbocycles. The Morgan fingerprint density at radius 3 is 2.69 bits per heavy atom. The van der Waals surface area contributed by atoms with Gasteiger partial charge in [-0.1, -0.05) is 13.0 Å². The van der Waals surface area contributed by atoms with Crippen LogP contribution in [-0.2, 0) is 0 Å². The molecule has 0 heterocycles. The summed E-state index contributed by atoms with van der Waals surface area (Å²) in [5.74, 6) is 1.53. The minimum absolute atomic E-state index is 0.328. The van der Waals surface area contributed by atoms with Crippen LogP contribution >= 0.6 is 15.9 Å². The number of carbonyl (C=O) groups is 1. The van der Waals surface area contributed by atoms with Gasteiger partial charge in [-0.05, 0) is 52.7 Å². The van der Waals surface area contributed by atoms with Gasteiger partial charge in [0, 0.05) is 15.6 Å². The number of nitrogens with one attached hydrogen (secondary N) is 1. The summed E-state index contributed by atoms with van der Waals surface area (Å²) < 4.78 is 16.9. The Hall–Kier alpha value is -2.54. The van der Waals surface area contributed by atoms with Crippen molar-refractivity contribution in [2.45, 2.75) is 13.3 Å². The average molecular weight is 421 g/mol. The van der Waals surface area contributed by atoms with Crippen molar-refractivity contribution >= 4 is 28.1 Å². The van der Waals surface area contributed by atoms with Crippen molar-refractivity contribution in [2.75, 3.05) is 20.8 Å². The van der Waals surface area contributed by atoms with E-state index in [0.717, 1.165) is 16.5 Å². The van der Waals surface area contributed by atoms with Crippen LogP contribution in [0.1, 0.15) is 29.3 Å². The number of halogens is 1. The van der Waals surface area contributed by atoms with Gasteiger partial charge >= 0.3 is 0 Å². The van der Waals surface area contributed by atoms with E-state index >= 15 is 0 Å². The molecule has 0 saturated carbocycles. The Morgan fingerprint density at radius 2 is 2.00 bits per heavy atom. The van der Waals surface area contributed by atoms with Crippen LogP contribution in [-0.4, -0.2) is 32.9 Å². The van der Waals surface area contributed by atoms with Crippen LogP contribution in [0.5, 0.6) is 17.2 Å². The fraction of sp³-hybridized carbons (Fsp3) is 0.263. The van der Waals surface area contributed by atoms with Gasteiger partial charge in [-0.25, -0.2) is 5.43 Å². The Labute approximate surface area is 161 Å². The minimum Gasteiger partial charge on any atom is -0.497 e. The molecule has 0 fully saturated rings. The fourth-order valence-corrected chi connectivity index (χ4v) is 2.55. The van der Waals surface area contributed by atoms with Crippen LogP contribution < -0.4 is 19.6 Å². The number of carbonyl (C=O) groups excluding carboxylic acids is 1. The first kappa shape index (κ1) is 19.8. The predicted octanol–water partition coefficient (Wildman–Crippen LogP) is 4.02. The predicted molar refractivity (Wildman–Crippen MR) is 105 cm³/mol. The van der Waals surface area contributed by atoms with E-state index < -0.39 is 0 Å². The molecule has 6 nitrogen and oxygen atoms in total. The number of amides is 1. The Balaban J connectivity index is 2.10. The molecule has 0 aliphatic rings. The quantitative estimate of drug-likeness (QED) is 0.517. The summed E-state index contributed by atoms with van der Waals surface area (Å²) in [4.78, 5) is 12.1. The third-order valence-corrected chi connectivity index (χ3v) is 4.13. The summed E-state index contributed by atoms with van der Waals surface area (Å²) >= 11 is 3.48. The third kappa shape index (κ3) is 5.23. The molecule has 1 amide bonds. The van der Waals surface area contributed by atoms with Crippen molar-refractivity contribution in [1.29, 1.82) is 0 Å². The van der Waals surface area contributed by atoms with Crippen LogP contribution in [0.3, 0.4) is 0 Å². The van der Waals surface area contributed by atoms with E-state index in [9.17, 15) is 4.79 Å². The molecule has 26 heavy (non-hydrogen) atoms. The maximum atomic E-state index is 12.1. The largest absolute Gasteiger partial charge is 0.497 e. The number of rotatable bonds is 8. The standard InChI is InChI=1S/C19H21BrN2O4/c1-4-8-26-18-11-16(20)14(10-17(18)25-3)12-21-22-19(23)13-6-5-7-15(9-13)24-2/h5-7,9-12H,4,8H2,1-3H3,(H,22,23)/b21-12+. The molecule has 0 atom stereocenters. The highest BCUT2D eigenvalue weighted by atomic mass is 79.9. The molecular weight excluding hydrogens is 400 g/mol. The van der Waals surface area contributed by atoms with Crippen LogP contribution in [0.4, 0.5) is 0 Å². The van der Waals surface area contributed by atoms with E-state index in [4.69, 9.17) is 14.2 Å². The van der Waals surface area contributed by atoms with Gasteiger partial charge in [0.25, 0.3) is 5.91 Å². The SMILES string of the molecule is CCCOc1cc(Br)c(/C=N/NC(=O)c2cccc(OC)c2)cc1OC. The van der Waals surface area contributed by atoms with E-state index in [1.165, 1.54) is 6.21 Å². The first-order valence-electron chi connectivity index (χ1n) is 8.06. The van der Waals surface area contributed by atoms with Crippen molar-refractivity contribution in [3.63, 3.8) is 0 Å². The number of methoxy groups -OCH3 is 2. The van der Waals surface area contributed by atoms with E-state index in [0.29, 0.717) is 29.4 Å². The lowest BCUT2D eigenvalue weighted by atomic mass is 10.2. The first-order valence-corrected chi connectivity index (χ1v) is 8.86. The van der Waals surface area contributed by atoms with Crippen LogP contribution in [0.2, 0.25) is 0 Å². The highest BCUT2D eigenvalue weighted by molar-refractivity contribution is 9.10. The van der Waals surface area contributed by atoms with Crippen LogP contribution in [0, 0.1) is 0 Å². The summed E-state index contributed by atoms with van der Waals surface area (Å²) in [6.45, 7) is 2.64. The number of nitrogens with zero attached hydrogens (tertiary/aromatic N) is 1. The highest BCUT2D eigenvalue weighted by Gasteiger charge is 2.10. The van der Waals surface area contributed by atoms with Crippen molar-refractivity contribution in [1.82, 2.24) is 5.43 Å². The number of hydrogen-bond acceptors (Lipinski definition) is 5. The number of hydrogen-bond donors (Lipinski definition) is 1. The second-order valence-corrected chi connectivity index (χ2v) is 6.16. The molecule has 0 aromatic heterocycles. The number of hydrazone groups is 1. The zero-order chi connectivity index (χ0) is 18.9. The second kappa shape index (κ2) is 9.82. The summed E-state index contributed by atoms with van der Waals surface area (Å²) in [5, 5.41) is 4.01. The zero-order valence-electron chi connectivity index (χ0n) is 14.9. The molecule has 0 saturated heterocycles. The van der Waals surface area contributed by atoms with Gasteiger partial charge in [-0.3, -0.25) is 4.79 Å².